The molecule has 2 atom stereocenters. The fourth-order valence-electron chi connectivity index (χ4n) is 3.50. The van der Waals surface area contributed by atoms with Crippen molar-refractivity contribution >= 4 is 13.6 Å². The van der Waals surface area contributed by atoms with Gasteiger partial charge in [0.2, 0.25) is 0 Å². The number of aliphatic hydroxyl groups excluding tert-OH is 1. The largest absolute Gasteiger partial charge is 0.492 e. The second-order valence-corrected chi connectivity index (χ2v) is 13.5. The summed E-state index contributed by atoms with van der Waals surface area (Å²) in [5.74, 6) is 1.22. The van der Waals surface area contributed by atoms with E-state index >= 15 is 0 Å². The molecule has 1 heterocycles. The van der Waals surface area contributed by atoms with Crippen molar-refractivity contribution in [2.75, 3.05) is 6.61 Å². The third-order valence-corrected chi connectivity index (χ3v) is 7.93. The molecule has 142 valence electrons. The fourth-order valence-corrected chi connectivity index (χ4v) is 4.62. The van der Waals surface area contributed by atoms with Gasteiger partial charge >= 0.3 is 0 Å². The van der Waals surface area contributed by atoms with Crippen LogP contribution >= 0.6 is 0 Å². The highest BCUT2D eigenvalue weighted by atomic mass is 28.3. The van der Waals surface area contributed by atoms with Crippen molar-refractivity contribution in [1.29, 1.82) is 0 Å². The minimum Gasteiger partial charge on any atom is -0.492 e. The van der Waals surface area contributed by atoms with Crippen molar-refractivity contribution in [3.63, 3.8) is 0 Å². The topological polar surface area (TPSA) is 29.5 Å². The van der Waals surface area contributed by atoms with E-state index in [1.807, 2.05) is 36.4 Å². The summed E-state index contributed by atoms with van der Waals surface area (Å²) < 4.78 is 6.04. The Kier molecular flexibility index (Phi) is 6.03. The van der Waals surface area contributed by atoms with E-state index < -0.39 is 14.2 Å². The number of aliphatic hydroxyl groups is 1. The van der Waals surface area contributed by atoms with Gasteiger partial charge in [-0.15, -0.1) is 0 Å². The molecule has 0 saturated heterocycles. The van der Waals surface area contributed by atoms with E-state index in [2.05, 4.69) is 56.9 Å². The summed E-state index contributed by atoms with van der Waals surface area (Å²) >= 11 is 0. The van der Waals surface area contributed by atoms with E-state index in [0.717, 1.165) is 11.3 Å². The molecule has 27 heavy (non-hydrogen) atoms. The number of fused-ring (bicyclic) bond motifs is 1. The summed E-state index contributed by atoms with van der Waals surface area (Å²) in [6, 6.07) is 18.2. The number of ether oxygens (including phenoxy) is 1. The maximum atomic E-state index is 10.4. The Labute approximate surface area is 164 Å². The molecule has 0 aliphatic carbocycles. The predicted molar refractivity (Wildman–Crippen MR) is 117 cm³/mol. The van der Waals surface area contributed by atoms with E-state index in [9.17, 15) is 5.11 Å². The van der Waals surface area contributed by atoms with Crippen molar-refractivity contribution in [2.45, 2.75) is 39.1 Å². The first-order chi connectivity index (χ1) is 12.9. The van der Waals surface area contributed by atoms with Crippen molar-refractivity contribution in [3.05, 3.63) is 83.1 Å². The summed E-state index contributed by atoms with van der Waals surface area (Å²) in [5.41, 5.74) is 3.60. The van der Waals surface area contributed by atoms with Gasteiger partial charge in [-0.1, -0.05) is 85.5 Å². The van der Waals surface area contributed by atoms with E-state index in [1.54, 1.807) is 0 Å². The second-order valence-electron chi connectivity index (χ2n) is 8.29. The van der Waals surface area contributed by atoms with Crippen molar-refractivity contribution in [2.24, 2.45) is 5.92 Å². The Balaban J connectivity index is 1.86. The first kappa shape index (κ1) is 19.7. The molecule has 0 amide bonds. The predicted octanol–water partition coefficient (Wildman–Crippen LogP) is 6.03. The molecule has 3 heteroatoms. The van der Waals surface area contributed by atoms with Crippen molar-refractivity contribution < 1.29 is 9.84 Å². The lowest BCUT2D eigenvalue weighted by molar-refractivity contribution is 0.181. The van der Waals surface area contributed by atoms with E-state index in [1.165, 1.54) is 16.3 Å². The smallest absolute Gasteiger partial charge is 0.126 e. The zero-order chi connectivity index (χ0) is 19.4. The van der Waals surface area contributed by atoms with Crippen LogP contribution in [-0.2, 0) is 0 Å². The number of hydrogen-bond donors (Lipinski definition) is 1. The van der Waals surface area contributed by atoms with E-state index in [-0.39, 0.29) is 5.92 Å². The average Bonchev–Trinajstić information content (AvgIpc) is 2.67. The summed E-state index contributed by atoms with van der Waals surface area (Å²) in [6.07, 6.45) is 4.48. The first-order valence-electron chi connectivity index (χ1n) is 9.71. The lowest BCUT2D eigenvalue weighted by Crippen LogP contribution is -2.28. The van der Waals surface area contributed by atoms with E-state index in [0.29, 0.717) is 13.0 Å². The third kappa shape index (κ3) is 4.60. The van der Waals surface area contributed by atoms with Gasteiger partial charge in [0.25, 0.3) is 0 Å². The van der Waals surface area contributed by atoms with E-state index in [4.69, 9.17) is 4.74 Å². The van der Waals surface area contributed by atoms with Crippen molar-refractivity contribution in [1.82, 2.24) is 0 Å². The summed E-state index contributed by atoms with van der Waals surface area (Å²) in [4.78, 5) is 0. The summed E-state index contributed by atoms with van der Waals surface area (Å²) in [6.45, 7) is 10.1. The lowest BCUT2D eigenvalue weighted by Gasteiger charge is -2.32. The lowest BCUT2D eigenvalue weighted by atomic mass is 9.89. The number of para-hydroxylation sites is 1. The molecule has 0 saturated carbocycles. The molecule has 3 rings (SSSR count). The maximum Gasteiger partial charge on any atom is 0.126 e. The molecule has 1 aliphatic rings. The summed E-state index contributed by atoms with van der Waals surface area (Å²) in [5, 5.41) is 11.9. The standard InChI is InChI=1S/C24H30O2Si/c1-18(27(2,3)4)24-20(17-26-23-16-9-8-14-21(23)24)13-10-15-22(25)19-11-6-5-7-12-19/h5-14,16,20,22,25H,15,17H2,1-4H3/b13-10+,24-18+/t20-,22-/m1/s1. The number of rotatable bonds is 5. The Morgan fingerprint density at radius 3 is 2.48 bits per heavy atom. The van der Waals surface area contributed by atoms with Gasteiger partial charge in [0, 0.05) is 11.5 Å². The molecule has 0 radical (unpaired) electrons. The molecule has 0 fully saturated rings. The van der Waals surface area contributed by atoms with Gasteiger partial charge in [-0.05, 0) is 30.5 Å². The molecule has 1 N–H and O–H groups in total. The Bertz CT molecular complexity index is 831. The molecule has 0 spiro atoms. The highest BCUT2D eigenvalue weighted by Crippen LogP contribution is 2.41. The molecule has 1 aliphatic heterocycles. The van der Waals surface area contributed by atoms with Gasteiger partial charge in [0.1, 0.15) is 5.75 Å². The highest BCUT2D eigenvalue weighted by Gasteiger charge is 2.29. The van der Waals surface area contributed by atoms with Crippen LogP contribution in [-0.4, -0.2) is 19.8 Å². The summed E-state index contributed by atoms with van der Waals surface area (Å²) in [7, 11) is -1.43. The Morgan fingerprint density at radius 2 is 1.78 bits per heavy atom. The normalized spacial score (nSPS) is 20.1. The van der Waals surface area contributed by atoms with Crippen LogP contribution in [0.4, 0.5) is 0 Å². The van der Waals surface area contributed by atoms with Crippen LogP contribution in [0, 0.1) is 5.92 Å². The number of hydrogen-bond acceptors (Lipinski definition) is 2. The van der Waals surface area contributed by atoms with Crippen LogP contribution in [0.25, 0.3) is 5.57 Å². The fraction of sp³-hybridized carbons (Fsp3) is 0.333. The van der Waals surface area contributed by atoms with Gasteiger partial charge in [-0.2, -0.15) is 0 Å². The molecular formula is C24H30O2Si. The minimum atomic E-state index is -1.43. The molecule has 2 aromatic rings. The third-order valence-electron chi connectivity index (χ3n) is 5.41. The SMILES string of the molecule is C/C(=C1\c2ccccc2OC[C@H]1/C=C/C[C@@H](O)c1ccccc1)[Si](C)(C)C. The van der Waals surface area contributed by atoms with Crippen LogP contribution in [0.3, 0.4) is 0 Å². The molecule has 0 aromatic heterocycles. The van der Waals surface area contributed by atoms with Gasteiger partial charge in [0.15, 0.2) is 0 Å². The molecule has 2 aromatic carbocycles. The van der Waals surface area contributed by atoms with Crippen LogP contribution in [0.5, 0.6) is 5.75 Å². The zero-order valence-corrected chi connectivity index (χ0v) is 17.8. The molecule has 2 nitrogen and oxygen atoms in total. The number of benzene rings is 2. The second kappa shape index (κ2) is 8.28. The Morgan fingerprint density at radius 1 is 1.11 bits per heavy atom. The zero-order valence-electron chi connectivity index (χ0n) is 16.8. The molecular weight excluding hydrogens is 348 g/mol. The van der Waals surface area contributed by atoms with Crippen molar-refractivity contribution in [3.8, 4) is 5.75 Å². The van der Waals surface area contributed by atoms with Gasteiger partial charge in [0.05, 0.1) is 20.8 Å². The number of allylic oxidation sites excluding steroid dienone is 1. The quantitative estimate of drug-likeness (QED) is 0.509. The van der Waals surface area contributed by atoms with Gasteiger partial charge in [-0.25, -0.2) is 0 Å². The van der Waals surface area contributed by atoms with Gasteiger partial charge < -0.3 is 9.84 Å². The average molecular weight is 379 g/mol. The maximum absolute atomic E-state index is 10.4. The van der Waals surface area contributed by atoms with Crippen LogP contribution in [0.15, 0.2) is 71.9 Å². The highest BCUT2D eigenvalue weighted by molar-refractivity contribution is 6.83. The Hall–Kier alpha value is -2.10. The van der Waals surface area contributed by atoms with Crippen LogP contribution in [0.1, 0.15) is 30.6 Å². The van der Waals surface area contributed by atoms with Gasteiger partial charge in [-0.3, -0.25) is 0 Å². The van der Waals surface area contributed by atoms with Crippen LogP contribution < -0.4 is 4.74 Å². The minimum absolute atomic E-state index is 0.231. The molecule has 0 bridgehead atoms. The molecule has 0 unspecified atom stereocenters. The first-order valence-corrected chi connectivity index (χ1v) is 13.2. The van der Waals surface area contributed by atoms with Crippen LogP contribution in [0.2, 0.25) is 19.6 Å². The monoisotopic (exact) mass is 378 g/mol.